The number of rotatable bonds is 6. The Labute approximate surface area is 130 Å². The van der Waals surface area contributed by atoms with Crippen molar-refractivity contribution in [2.24, 2.45) is 0 Å². The number of hydrogen-bond donors (Lipinski definition) is 2. The number of Topliss-reactive ketones (excluding diaryl/α,β-unsaturated/α-hetero) is 1. The minimum Gasteiger partial charge on any atom is -0.487 e. The van der Waals surface area contributed by atoms with E-state index in [0.717, 1.165) is 19.3 Å². The fourth-order valence-electron chi connectivity index (χ4n) is 2.51. The first kappa shape index (κ1) is 16.5. The number of benzene rings is 1. The SMILES string of the molecule is CC1(C)CC(=O)c2cc(C(=O)NCCCCCO)ccc2O1. The predicted octanol–water partition coefficient (Wildman–Crippen LogP) is 2.32. The summed E-state index contributed by atoms with van der Waals surface area (Å²) >= 11 is 0. The molecule has 2 N–H and O–H groups in total. The number of carbonyl (C=O) groups is 2. The number of ether oxygens (including phenoxy) is 1. The van der Waals surface area contributed by atoms with Crippen molar-refractivity contribution in [2.75, 3.05) is 13.2 Å². The topological polar surface area (TPSA) is 75.6 Å². The van der Waals surface area contributed by atoms with Gasteiger partial charge in [0.1, 0.15) is 11.4 Å². The molecule has 1 aliphatic rings. The average Bonchev–Trinajstić information content (AvgIpc) is 2.45. The van der Waals surface area contributed by atoms with Gasteiger partial charge in [-0.25, -0.2) is 0 Å². The molecule has 120 valence electrons. The molecule has 0 spiro atoms. The van der Waals surface area contributed by atoms with Crippen LogP contribution in [-0.2, 0) is 0 Å². The highest BCUT2D eigenvalue weighted by Crippen LogP contribution is 2.33. The highest BCUT2D eigenvalue weighted by Gasteiger charge is 2.32. The van der Waals surface area contributed by atoms with E-state index in [2.05, 4.69) is 5.32 Å². The van der Waals surface area contributed by atoms with Gasteiger partial charge in [-0.2, -0.15) is 0 Å². The van der Waals surface area contributed by atoms with Gasteiger partial charge in [-0.05, 0) is 51.3 Å². The van der Waals surface area contributed by atoms with Gasteiger partial charge < -0.3 is 15.2 Å². The molecule has 0 fully saturated rings. The molecule has 0 aromatic heterocycles. The molecule has 1 amide bonds. The van der Waals surface area contributed by atoms with Gasteiger partial charge in [0.05, 0.1) is 12.0 Å². The molecule has 22 heavy (non-hydrogen) atoms. The molecule has 0 unspecified atom stereocenters. The Balaban J connectivity index is 2.00. The molecule has 0 aliphatic carbocycles. The maximum absolute atomic E-state index is 12.2. The Kier molecular flexibility index (Phi) is 5.19. The summed E-state index contributed by atoms with van der Waals surface area (Å²) in [5.74, 6) is 0.356. The van der Waals surface area contributed by atoms with Crippen LogP contribution in [0.1, 0.15) is 60.2 Å². The van der Waals surface area contributed by atoms with Gasteiger partial charge in [0.2, 0.25) is 0 Å². The fourth-order valence-corrected chi connectivity index (χ4v) is 2.51. The van der Waals surface area contributed by atoms with Crippen molar-refractivity contribution in [3.63, 3.8) is 0 Å². The van der Waals surface area contributed by atoms with E-state index in [4.69, 9.17) is 9.84 Å². The van der Waals surface area contributed by atoms with E-state index in [1.807, 2.05) is 13.8 Å². The summed E-state index contributed by atoms with van der Waals surface area (Å²) in [5, 5.41) is 11.5. The van der Waals surface area contributed by atoms with Gasteiger partial charge in [0.25, 0.3) is 5.91 Å². The summed E-state index contributed by atoms with van der Waals surface area (Å²) < 4.78 is 5.77. The lowest BCUT2D eigenvalue weighted by Gasteiger charge is -2.31. The maximum atomic E-state index is 12.2. The van der Waals surface area contributed by atoms with Crippen LogP contribution in [-0.4, -0.2) is 35.5 Å². The van der Waals surface area contributed by atoms with E-state index in [-0.39, 0.29) is 18.3 Å². The molecule has 1 aromatic rings. The van der Waals surface area contributed by atoms with Gasteiger partial charge in [0, 0.05) is 18.7 Å². The van der Waals surface area contributed by atoms with E-state index in [9.17, 15) is 9.59 Å². The van der Waals surface area contributed by atoms with Crippen molar-refractivity contribution in [3.05, 3.63) is 29.3 Å². The van der Waals surface area contributed by atoms with Crippen LogP contribution in [0.25, 0.3) is 0 Å². The number of carbonyl (C=O) groups excluding carboxylic acids is 2. The van der Waals surface area contributed by atoms with E-state index in [1.165, 1.54) is 0 Å². The quantitative estimate of drug-likeness (QED) is 0.791. The van der Waals surface area contributed by atoms with Crippen molar-refractivity contribution < 1.29 is 19.4 Å². The fraction of sp³-hybridized carbons (Fsp3) is 0.529. The minimum absolute atomic E-state index is 0.00356. The Morgan fingerprint density at radius 3 is 2.82 bits per heavy atom. The lowest BCUT2D eigenvalue weighted by atomic mass is 9.92. The lowest BCUT2D eigenvalue weighted by molar-refractivity contribution is 0.0620. The highest BCUT2D eigenvalue weighted by atomic mass is 16.5. The van der Waals surface area contributed by atoms with Crippen LogP contribution >= 0.6 is 0 Å². The van der Waals surface area contributed by atoms with Crippen molar-refractivity contribution in [2.45, 2.75) is 45.1 Å². The first-order valence-corrected chi connectivity index (χ1v) is 7.68. The van der Waals surface area contributed by atoms with Gasteiger partial charge >= 0.3 is 0 Å². The second kappa shape index (κ2) is 6.92. The Morgan fingerprint density at radius 2 is 2.09 bits per heavy atom. The number of ketones is 1. The van der Waals surface area contributed by atoms with Crippen LogP contribution in [0.15, 0.2) is 18.2 Å². The summed E-state index contributed by atoms with van der Waals surface area (Å²) in [6, 6.07) is 4.97. The largest absolute Gasteiger partial charge is 0.487 e. The number of aliphatic hydroxyl groups is 1. The summed E-state index contributed by atoms with van der Waals surface area (Å²) in [6.45, 7) is 4.49. The number of nitrogens with one attached hydrogen (secondary N) is 1. The van der Waals surface area contributed by atoms with E-state index in [1.54, 1.807) is 18.2 Å². The van der Waals surface area contributed by atoms with Crippen molar-refractivity contribution in [1.29, 1.82) is 0 Å². The van der Waals surface area contributed by atoms with E-state index >= 15 is 0 Å². The molecular weight excluding hydrogens is 282 g/mol. The van der Waals surface area contributed by atoms with Gasteiger partial charge in [-0.3, -0.25) is 9.59 Å². The second-order valence-electron chi connectivity index (χ2n) is 6.21. The number of amides is 1. The summed E-state index contributed by atoms with van der Waals surface area (Å²) in [6.07, 6.45) is 2.76. The molecule has 0 radical (unpaired) electrons. The van der Waals surface area contributed by atoms with Crippen molar-refractivity contribution >= 4 is 11.7 Å². The van der Waals surface area contributed by atoms with E-state index < -0.39 is 5.60 Å². The average molecular weight is 305 g/mol. The zero-order valence-corrected chi connectivity index (χ0v) is 13.1. The molecule has 0 saturated heterocycles. The summed E-state index contributed by atoms with van der Waals surface area (Å²) in [5.41, 5.74) is 0.449. The second-order valence-corrected chi connectivity index (χ2v) is 6.21. The van der Waals surface area contributed by atoms with Gasteiger partial charge in [0.15, 0.2) is 5.78 Å². The number of fused-ring (bicyclic) bond motifs is 1. The van der Waals surface area contributed by atoms with Gasteiger partial charge in [-0.1, -0.05) is 0 Å². The first-order chi connectivity index (χ1) is 10.4. The van der Waals surface area contributed by atoms with Crippen LogP contribution < -0.4 is 10.1 Å². The third kappa shape index (κ3) is 4.07. The predicted molar refractivity (Wildman–Crippen MR) is 83.4 cm³/mol. The van der Waals surface area contributed by atoms with Crippen molar-refractivity contribution in [1.82, 2.24) is 5.32 Å². The molecule has 2 rings (SSSR count). The maximum Gasteiger partial charge on any atom is 0.251 e. The molecule has 1 heterocycles. The standard InChI is InChI=1S/C17H23NO4/c1-17(2)11-14(20)13-10-12(6-7-15(13)22-17)16(21)18-8-4-3-5-9-19/h6-7,10,19H,3-5,8-9,11H2,1-2H3,(H,18,21). The minimum atomic E-state index is -0.499. The number of aliphatic hydroxyl groups excluding tert-OH is 1. The molecule has 5 nitrogen and oxygen atoms in total. The molecule has 1 aromatic carbocycles. The Hall–Kier alpha value is -1.88. The molecular formula is C17H23NO4. The van der Waals surface area contributed by atoms with Crippen LogP contribution in [0.4, 0.5) is 0 Å². The van der Waals surface area contributed by atoms with Crippen LogP contribution in [0, 0.1) is 0 Å². The van der Waals surface area contributed by atoms with E-state index in [0.29, 0.717) is 29.8 Å². The van der Waals surface area contributed by atoms with Crippen LogP contribution in [0.5, 0.6) is 5.75 Å². The molecule has 0 saturated carbocycles. The summed E-state index contributed by atoms with van der Waals surface area (Å²) in [7, 11) is 0. The smallest absolute Gasteiger partial charge is 0.251 e. The first-order valence-electron chi connectivity index (χ1n) is 7.68. The normalized spacial score (nSPS) is 15.9. The molecule has 5 heteroatoms. The third-order valence-corrected chi connectivity index (χ3v) is 3.64. The lowest BCUT2D eigenvalue weighted by Crippen LogP contribution is -2.36. The monoisotopic (exact) mass is 305 g/mol. The Morgan fingerprint density at radius 1 is 1.32 bits per heavy atom. The zero-order valence-electron chi connectivity index (χ0n) is 13.1. The highest BCUT2D eigenvalue weighted by molar-refractivity contribution is 6.03. The Bertz CT molecular complexity index is 566. The molecule has 0 bridgehead atoms. The van der Waals surface area contributed by atoms with Crippen LogP contribution in [0.2, 0.25) is 0 Å². The van der Waals surface area contributed by atoms with Gasteiger partial charge in [-0.15, -0.1) is 0 Å². The van der Waals surface area contributed by atoms with Crippen molar-refractivity contribution in [3.8, 4) is 5.75 Å². The zero-order chi connectivity index (χ0) is 16.2. The number of hydrogen-bond acceptors (Lipinski definition) is 4. The summed E-state index contributed by atoms with van der Waals surface area (Å²) in [4.78, 5) is 24.3. The molecule has 1 aliphatic heterocycles. The van der Waals surface area contributed by atoms with Crippen LogP contribution in [0.3, 0.4) is 0 Å². The number of unbranched alkanes of at least 4 members (excludes halogenated alkanes) is 2. The third-order valence-electron chi connectivity index (χ3n) is 3.64. The molecule has 0 atom stereocenters.